The molecule has 1 saturated heterocycles. The summed E-state index contributed by atoms with van der Waals surface area (Å²) in [7, 11) is 0. The lowest BCUT2D eigenvalue weighted by molar-refractivity contribution is 0.0901. The topological polar surface area (TPSA) is 21.3 Å². The zero-order chi connectivity index (χ0) is 13.1. The fourth-order valence-electron chi connectivity index (χ4n) is 2.29. The summed E-state index contributed by atoms with van der Waals surface area (Å²) in [5.41, 5.74) is 1.12. The fraction of sp³-hybridized carbons (Fsp3) is 0.571. The van der Waals surface area contributed by atoms with Crippen LogP contribution in [0.25, 0.3) is 0 Å². The first kappa shape index (κ1) is 14.1. The molecule has 0 amide bonds. The Kier molecular flexibility index (Phi) is 4.91. The van der Waals surface area contributed by atoms with Gasteiger partial charge in [0.25, 0.3) is 0 Å². The number of rotatable bonds is 4. The second kappa shape index (κ2) is 6.25. The Morgan fingerprint density at radius 1 is 1.33 bits per heavy atom. The minimum absolute atomic E-state index is 0.131. The SMILES string of the molecule is CC(C)NCC1CCOC1c1ccc(Cl)c(Cl)c1. The molecular weight excluding hydrogens is 269 g/mol. The molecule has 0 saturated carbocycles. The van der Waals surface area contributed by atoms with Crippen molar-refractivity contribution in [2.45, 2.75) is 32.4 Å². The molecule has 2 unspecified atom stereocenters. The summed E-state index contributed by atoms with van der Waals surface area (Å²) in [6, 6.07) is 6.27. The maximum Gasteiger partial charge on any atom is 0.0866 e. The number of hydrogen-bond donors (Lipinski definition) is 1. The van der Waals surface area contributed by atoms with E-state index in [9.17, 15) is 0 Å². The molecule has 0 bridgehead atoms. The molecule has 0 aromatic heterocycles. The van der Waals surface area contributed by atoms with Crippen molar-refractivity contribution in [2.24, 2.45) is 5.92 Å². The van der Waals surface area contributed by atoms with Crippen molar-refractivity contribution in [2.75, 3.05) is 13.2 Å². The van der Waals surface area contributed by atoms with Gasteiger partial charge in [-0.25, -0.2) is 0 Å². The molecule has 1 fully saturated rings. The minimum Gasteiger partial charge on any atom is -0.373 e. The molecule has 18 heavy (non-hydrogen) atoms. The predicted octanol–water partition coefficient (Wildman–Crippen LogP) is 4.07. The largest absolute Gasteiger partial charge is 0.373 e. The zero-order valence-electron chi connectivity index (χ0n) is 10.7. The van der Waals surface area contributed by atoms with Gasteiger partial charge in [0.15, 0.2) is 0 Å². The summed E-state index contributed by atoms with van der Waals surface area (Å²) < 4.78 is 5.84. The maximum absolute atomic E-state index is 6.06. The highest BCUT2D eigenvalue weighted by Gasteiger charge is 2.29. The molecule has 0 aliphatic carbocycles. The standard InChI is InChI=1S/C14H19Cl2NO/c1-9(2)17-8-11-5-6-18-14(11)10-3-4-12(15)13(16)7-10/h3-4,7,9,11,14,17H,5-6,8H2,1-2H3. The van der Waals surface area contributed by atoms with Crippen LogP contribution >= 0.6 is 23.2 Å². The lowest BCUT2D eigenvalue weighted by Gasteiger charge is -2.21. The third-order valence-electron chi connectivity index (χ3n) is 3.27. The van der Waals surface area contributed by atoms with Gasteiger partial charge in [0.05, 0.1) is 16.1 Å². The summed E-state index contributed by atoms with van der Waals surface area (Å²) in [6.07, 6.45) is 1.22. The van der Waals surface area contributed by atoms with Crippen LogP contribution in [0.5, 0.6) is 0 Å². The Morgan fingerprint density at radius 3 is 2.78 bits per heavy atom. The normalized spacial score (nSPS) is 23.8. The van der Waals surface area contributed by atoms with Crippen LogP contribution < -0.4 is 5.32 Å². The van der Waals surface area contributed by atoms with Gasteiger partial charge in [-0.05, 0) is 24.1 Å². The van der Waals surface area contributed by atoms with Crippen LogP contribution in [0.1, 0.15) is 31.9 Å². The van der Waals surface area contributed by atoms with Crippen molar-refractivity contribution >= 4 is 23.2 Å². The molecule has 2 atom stereocenters. The van der Waals surface area contributed by atoms with Crippen molar-refractivity contribution in [3.63, 3.8) is 0 Å². The lowest BCUT2D eigenvalue weighted by atomic mass is 9.95. The van der Waals surface area contributed by atoms with Gasteiger partial charge in [-0.2, -0.15) is 0 Å². The van der Waals surface area contributed by atoms with Gasteiger partial charge in [0, 0.05) is 25.1 Å². The third kappa shape index (κ3) is 3.39. The van der Waals surface area contributed by atoms with Crippen LogP contribution in [-0.2, 0) is 4.74 Å². The molecule has 1 aliphatic heterocycles. The number of ether oxygens (including phenoxy) is 1. The van der Waals surface area contributed by atoms with Crippen LogP contribution in [0, 0.1) is 5.92 Å². The summed E-state index contributed by atoms with van der Waals surface area (Å²) in [4.78, 5) is 0. The van der Waals surface area contributed by atoms with Gasteiger partial charge in [0.1, 0.15) is 0 Å². The molecule has 0 radical (unpaired) electrons. The minimum atomic E-state index is 0.131. The van der Waals surface area contributed by atoms with Gasteiger partial charge >= 0.3 is 0 Å². The molecule has 4 heteroatoms. The lowest BCUT2D eigenvalue weighted by Crippen LogP contribution is -2.30. The second-order valence-corrected chi connectivity index (χ2v) is 5.89. The Labute approximate surface area is 119 Å². The van der Waals surface area contributed by atoms with Crippen LogP contribution in [0.15, 0.2) is 18.2 Å². The van der Waals surface area contributed by atoms with E-state index in [0.717, 1.165) is 25.1 Å². The van der Waals surface area contributed by atoms with E-state index in [1.54, 1.807) is 0 Å². The number of halogens is 2. The Balaban J connectivity index is 2.08. The molecule has 1 heterocycles. The van der Waals surface area contributed by atoms with E-state index in [0.29, 0.717) is 22.0 Å². The van der Waals surface area contributed by atoms with E-state index in [-0.39, 0.29) is 6.10 Å². The van der Waals surface area contributed by atoms with Crippen molar-refractivity contribution in [1.29, 1.82) is 0 Å². The van der Waals surface area contributed by atoms with Gasteiger partial charge in [-0.15, -0.1) is 0 Å². The number of benzene rings is 1. The molecule has 0 spiro atoms. The zero-order valence-corrected chi connectivity index (χ0v) is 12.3. The first-order valence-corrected chi connectivity index (χ1v) is 7.13. The van der Waals surface area contributed by atoms with E-state index in [1.807, 2.05) is 18.2 Å². The summed E-state index contributed by atoms with van der Waals surface area (Å²) in [5, 5.41) is 4.66. The number of nitrogens with one attached hydrogen (secondary N) is 1. The highest BCUT2D eigenvalue weighted by molar-refractivity contribution is 6.42. The third-order valence-corrected chi connectivity index (χ3v) is 4.01. The maximum atomic E-state index is 6.06. The van der Waals surface area contributed by atoms with Crippen molar-refractivity contribution < 1.29 is 4.74 Å². The molecule has 1 aromatic rings. The predicted molar refractivity (Wildman–Crippen MR) is 76.4 cm³/mol. The van der Waals surface area contributed by atoms with Gasteiger partial charge in [-0.1, -0.05) is 43.1 Å². The van der Waals surface area contributed by atoms with Crippen LogP contribution in [-0.4, -0.2) is 19.2 Å². The van der Waals surface area contributed by atoms with Crippen molar-refractivity contribution in [3.05, 3.63) is 33.8 Å². The van der Waals surface area contributed by atoms with E-state index in [2.05, 4.69) is 19.2 Å². The summed E-state index contributed by atoms with van der Waals surface area (Å²) in [6.45, 7) is 6.10. The molecular formula is C14H19Cl2NO. The Morgan fingerprint density at radius 2 is 2.11 bits per heavy atom. The number of hydrogen-bond acceptors (Lipinski definition) is 2. The first-order chi connectivity index (χ1) is 8.58. The van der Waals surface area contributed by atoms with Crippen LogP contribution in [0.2, 0.25) is 10.0 Å². The molecule has 1 N–H and O–H groups in total. The molecule has 2 nitrogen and oxygen atoms in total. The van der Waals surface area contributed by atoms with Crippen molar-refractivity contribution in [3.8, 4) is 0 Å². The van der Waals surface area contributed by atoms with E-state index >= 15 is 0 Å². The second-order valence-electron chi connectivity index (χ2n) is 5.08. The van der Waals surface area contributed by atoms with Gasteiger partial charge in [-0.3, -0.25) is 0 Å². The van der Waals surface area contributed by atoms with Crippen LogP contribution in [0.3, 0.4) is 0 Å². The first-order valence-electron chi connectivity index (χ1n) is 6.38. The highest BCUT2D eigenvalue weighted by atomic mass is 35.5. The van der Waals surface area contributed by atoms with E-state index in [1.165, 1.54) is 0 Å². The smallest absolute Gasteiger partial charge is 0.0866 e. The van der Waals surface area contributed by atoms with E-state index < -0.39 is 0 Å². The Hall–Kier alpha value is -0.280. The summed E-state index contributed by atoms with van der Waals surface area (Å²) >= 11 is 12.0. The molecule has 100 valence electrons. The van der Waals surface area contributed by atoms with Gasteiger partial charge in [0.2, 0.25) is 0 Å². The summed E-state index contributed by atoms with van der Waals surface area (Å²) in [5.74, 6) is 0.504. The monoisotopic (exact) mass is 287 g/mol. The molecule has 2 rings (SSSR count). The van der Waals surface area contributed by atoms with Crippen LogP contribution in [0.4, 0.5) is 0 Å². The molecule has 1 aromatic carbocycles. The average molecular weight is 288 g/mol. The van der Waals surface area contributed by atoms with Crippen molar-refractivity contribution in [1.82, 2.24) is 5.32 Å². The quantitative estimate of drug-likeness (QED) is 0.901. The Bertz CT molecular complexity index is 409. The average Bonchev–Trinajstić information content (AvgIpc) is 2.78. The fourth-order valence-corrected chi connectivity index (χ4v) is 2.59. The van der Waals surface area contributed by atoms with Gasteiger partial charge < -0.3 is 10.1 Å². The molecule has 1 aliphatic rings. The van der Waals surface area contributed by atoms with E-state index in [4.69, 9.17) is 27.9 Å². The highest BCUT2D eigenvalue weighted by Crippen LogP contribution is 2.36.